The molecule has 0 aliphatic rings. The number of nitrogens with one attached hydrogen (secondary N) is 1. The van der Waals surface area contributed by atoms with Crippen molar-refractivity contribution in [1.82, 2.24) is 4.98 Å². The van der Waals surface area contributed by atoms with Crippen LogP contribution in [-0.4, -0.2) is 21.2 Å². The second-order valence-corrected chi connectivity index (χ2v) is 4.52. The second kappa shape index (κ2) is 6.16. The summed E-state index contributed by atoms with van der Waals surface area (Å²) < 4.78 is 0. The summed E-state index contributed by atoms with van der Waals surface area (Å²) in [5.41, 5.74) is 2.70. The fraction of sp³-hybridized carbons (Fsp3) is 0.200. The molecule has 0 spiro atoms. The molecule has 1 aromatic heterocycles. The van der Waals surface area contributed by atoms with E-state index in [1.807, 2.05) is 24.3 Å². The maximum Gasteiger partial charge on any atom is 0.335 e. The Morgan fingerprint density at radius 3 is 2.70 bits per heavy atom. The summed E-state index contributed by atoms with van der Waals surface area (Å²) in [6, 6.07) is 10.6. The molecule has 0 saturated carbocycles. The Bertz CT molecular complexity index is 626. The van der Waals surface area contributed by atoms with Crippen molar-refractivity contribution in [2.24, 2.45) is 0 Å². The molecule has 1 heterocycles. The summed E-state index contributed by atoms with van der Waals surface area (Å²) in [4.78, 5) is 15.2. The molecule has 2 rings (SSSR count). The average molecular weight is 272 g/mol. The highest BCUT2D eigenvalue weighted by atomic mass is 16.4. The predicted molar refractivity (Wildman–Crippen MR) is 75.6 cm³/mol. The SMILES string of the molecule is Cc1cc(C(=O)O)cc(NCc2cccc(CO)c2)n1. The highest BCUT2D eigenvalue weighted by Gasteiger charge is 2.06. The summed E-state index contributed by atoms with van der Waals surface area (Å²) in [5.74, 6) is -0.447. The van der Waals surface area contributed by atoms with Gasteiger partial charge in [-0.2, -0.15) is 0 Å². The summed E-state index contributed by atoms with van der Waals surface area (Å²) >= 11 is 0. The monoisotopic (exact) mass is 272 g/mol. The van der Waals surface area contributed by atoms with E-state index in [1.165, 1.54) is 12.1 Å². The average Bonchev–Trinajstić information content (AvgIpc) is 2.44. The van der Waals surface area contributed by atoms with Crippen molar-refractivity contribution in [3.05, 3.63) is 58.8 Å². The Morgan fingerprint density at radius 2 is 2.00 bits per heavy atom. The number of aromatic carboxylic acids is 1. The number of nitrogens with zero attached hydrogens (tertiary/aromatic N) is 1. The lowest BCUT2D eigenvalue weighted by atomic mass is 10.1. The fourth-order valence-electron chi connectivity index (χ4n) is 1.91. The maximum absolute atomic E-state index is 11.0. The van der Waals surface area contributed by atoms with Gasteiger partial charge in [0.05, 0.1) is 12.2 Å². The van der Waals surface area contributed by atoms with Crippen LogP contribution < -0.4 is 5.32 Å². The normalized spacial score (nSPS) is 10.3. The van der Waals surface area contributed by atoms with Gasteiger partial charge in [-0.25, -0.2) is 9.78 Å². The van der Waals surface area contributed by atoms with Gasteiger partial charge in [-0.3, -0.25) is 0 Å². The number of aromatic nitrogens is 1. The molecule has 5 nitrogen and oxygen atoms in total. The number of anilines is 1. The molecule has 20 heavy (non-hydrogen) atoms. The molecule has 0 unspecified atom stereocenters. The van der Waals surface area contributed by atoms with Crippen molar-refractivity contribution in [1.29, 1.82) is 0 Å². The van der Waals surface area contributed by atoms with Crippen LogP contribution in [0.4, 0.5) is 5.82 Å². The third kappa shape index (κ3) is 3.55. The Hall–Kier alpha value is -2.40. The number of aliphatic hydroxyl groups excluding tert-OH is 1. The zero-order chi connectivity index (χ0) is 14.5. The van der Waals surface area contributed by atoms with Crippen LogP contribution >= 0.6 is 0 Å². The quantitative estimate of drug-likeness (QED) is 0.777. The molecule has 0 bridgehead atoms. The number of rotatable bonds is 5. The van der Waals surface area contributed by atoms with E-state index in [4.69, 9.17) is 10.2 Å². The molecule has 104 valence electrons. The lowest BCUT2D eigenvalue weighted by Crippen LogP contribution is -2.05. The molecular weight excluding hydrogens is 256 g/mol. The van der Waals surface area contributed by atoms with Crippen LogP contribution in [0.25, 0.3) is 0 Å². The molecule has 3 N–H and O–H groups in total. The van der Waals surface area contributed by atoms with Gasteiger partial charge in [0.2, 0.25) is 0 Å². The number of carboxylic acid groups (broad SMARTS) is 1. The van der Waals surface area contributed by atoms with Gasteiger partial charge in [0.1, 0.15) is 5.82 Å². The van der Waals surface area contributed by atoms with E-state index in [9.17, 15) is 4.79 Å². The van der Waals surface area contributed by atoms with E-state index < -0.39 is 5.97 Å². The number of benzene rings is 1. The first kappa shape index (κ1) is 14.0. The topological polar surface area (TPSA) is 82.5 Å². The van der Waals surface area contributed by atoms with Crippen LogP contribution in [0.2, 0.25) is 0 Å². The van der Waals surface area contributed by atoms with Gasteiger partial charge in [0, 0.05) is 12.2 Å². The van der Waals surface area contributed by atoms with Gasteiger partial charge in [0.25, 0.3) is 0 Å². The van der Waals surface area contributed by atoms with Crippen LogP contribution in [0.3, 0.4) is 0 Å². The van der Waals surface area contributed by atoms with Crippen molar-refractivity contribution >= 4 is 11.8 Å². The van der Waals surface area contributed by atoms with Crippen molar-refractivity contribution in [2.45, 2.75) is 20.1 Å². The molecule has 0 radical (unpaired) electrons. The number of aliphatic hydroxyl groups is 1. The van der Waals surface area contributed by atoms with Crippen LogP contribution in [-0.2, 0) is 13.2 Å². The fourth-order valence-corrected chi connectivity index (χ4v) is 1.91. The number of carbonyl (C=O) groups is 1. The number of aryl methyl sites for hydroxylation is 1. The van der Waals surface area contributed by atoms with E-state index in [-0.39, 0.29) is 12.2 Å². The predicted octanol–water partition coefficient (Wildman–Crippen LogP) is 2.19. The standard InChI is InChI=1S/C15H16N2O3/c1-10-5-13(15(19)20)7-14(17-10)16-8-11-3-2-4-12(6-11)9-18/h2-7,18H,8-9H2,1H3,(H,16,17)(H,19,20). The van der Waals surface area contributed by atoms with Gasteiger partial charge < -0.3 is 15.5 Å². The van der Waals surface area contributed by atoms with Crippen LogP contribution in [0, 0.1) is 6.92 Å². The van der Waals surface area contributed by atoms with E-state index >= 15 is 0 Å². The molecular formula is C15H16N2O3. The van der Waals surface area contributed by atoms with Crippen LogP contribution in [0.15, 0.2) is 36.4 Å². The Balaban J connectivity index is 2.12. The lowest BCUT2D eigenvalue weighted by Gasteiger charge is -2.08. The minimum Gasteiger partial charge on any atom is -0.478 e. The third-order valence-corrected chi connectivity index (χ3v) is 2.85. The van der Waals surface area contributed by atoms with E-state index in [0.717, 1.165) is 11.1 Å². The van der Waals surface area contributed by atoms with Gasteiger partial charge in [-0.15, -0.1) is 0 Å². The molecule has 0 fully saturated rings. The molecule has 5 heteroatoms. The van der Waals surface area contributed by atoms with Crippen LogP contribution in [0.1, 0.15) is 27.2 Å². The third-order valence-electron chi connectivity index (χ3n) is 2.85. The van der Waals surface area contributed by atoms with Gasteiger partial charge in [-0.1, -0.05) is 24.3 Å². The minimum atomic E-state index is -0.971. The lowest BCUT2D eigenvalue weighted by molar-refractivity contribution is 0.0696. The van der Waals surface area contributed by atoms with E-state index in [1.54, 1.807) is 6.92 Å². The first-order chi connectivity index (χ1) is 9.58. The number of hydrogen-bond acceptors (Lipinski definition) is 4. The smallest absolute Gasteiger partial charge is 0.335 e. The first-order valence-corrected chi connectivity index (χ1v) is 6.23. The van der Waals surface area contributed by atoms with Crippen molar-refractivity contribution in [3.63, 3.8) is 0 Å². The number of hydrogen-bond donors (Lipinski definition) is 3. The van der Waals surface area contributed by atoms with Crippen molar-refractivity contribution < 1.29 is 15.0 Å². The Labute approximate surface area is 116 Å². The summed E-state index contributed by atoms with van der Waals surface area (Å²) in [7, 11) is 0. The molecule has 0 saturated heterocycles. The molecule has 1 aromatic carbocycles. The molecule has 2 aromatic rings. The number of carboxylic acids is 1. The molecule has 0 amide bonds. The number of pyridine rings is 1. The molecule has 0 aliphatic heterocycles. The summed E-state index contributed by atoms with van der Waals surface area (Å²) in [6.45, 7) is 2.27. The van der Waals surface area contributed by atoms with Gasteiger partial charge in [-0.05, 0) is 30.2 Å². The zero-order valence-electron chi connectivity index (χ0n) is 11.1. The Kier molecular flexibility index (Phi) is 4.32. The maximum atomic E-state index is 11.0. The first-order valence-electron chi connectivity index (χ1n) is 6.23. The molecule has 0 aliphatic carbocycles. The minimum absolute atomic E-state index is 0.000300. The largest absolute Gasteiger partial charge is 0.478 e. The van der Waals surface area contributed by atoms with E-state index in [0.29, 0.717) is 18.1 Å². The zero-order valence-corrected chi connectivity index (χ0v) is 11.1. The summed E-state index contributed by atoms with van der Waals surface area (Å²) in [5, 5.41) is 21.2. The highest BCUT2D eigenvalue weighted by molar-refractivity contribution is 5.88. The van der Waals surface area contributed by atoms with Gasteiger partial charge in [0.15, 0.2) is 0 Å². The summed E-state index contributed by atoms with van der Waals surface area (Å²) in [6.07, 6.45) is 0. The van der Waals surface area contributed by atoms with Gasteiger partial charge >= 0.3 is 5.97 Å². The second-order valence-electron chi connectivity index (χ2n) is 4.52. The van der Waals surface area contributed by atoms with Crippen molar-refractivity contribution in [3.8, 4) is 0 Å². The molecule has 0 atom stereocenters. The van der Waals surface area contributed by atoms with Crippen molar-refractivity contribution in [2.75, 3.05) is 5.32 Å². The van der Waals surface area contributed by atoms with Crippen LogP contribution in [0.5, 0.6) is 0 Å². The van der Waals surface area contributed by atoms with E-state index in [2.05, 4.69) is 10.3 Å². The Morgan fingerprint density at radius 1 is 1.25 bits per heavy atom. The highest BCUT2D eigenvalue weighted by Crippen LogP contribution is 2.12.